The summed E-state index contributed by atoms with van der Waals surface area (Å²) >= 11 is 6.10. The second-order valence-corrected chi connectivity index (χ2v) is 10.2. The average molecular weight is 442 g/mol. The molecule has 29 heavy (non-hydrogen) atoms. The largest absolute Gasteiger partial charge is 0.339 e. The number of piperazine rings is 1. The minimum atomic E-state index is -3.05. The van der Waals surface area contributed by atoms with Crippen molar-refractivity contribution >= 4 is 27.3 Å². The Kier molecular flexibility index (Phi) is 7.17. The van der Waals surface area contributed by atoms with Gasteiger partial charge in [0.1, 0.15) is 5.82 Å². The van der Waals surface area contributed by atoms with Crippen LogP contribution in [0.15, 0.2) is 18.2 Å². The highest BCUT2D eigenvalue weighted by Gasteiger charge is 2.33. The van der Waals surface area contributed by atoms with E-state index < -0.39 is 9.84 Å². The molecule has 0 spiro atoms. The van der Waals surface area contributed by atoms with Crippen LogP contribution in [0.1, 0.15) is 12.0 Å². The first kappa shape index (κ1) is 22.0. The maximum atomic E-state index is 14.0. The monoisotopic (exact) mass is 441 g/mol. The first-order valence-electron chi connectivity index (χ1n) is 9.60. The first-order valence-corrected chi connectivity index (χ1v) is 11.8. The Morgan fingerprint density at radius 1 is 1.31 bits per heavy atom. The topological polar surface area (TPSA) is 60.9 Å². The van der Waals surface area contributed by atoms with E-state index in [0.717, 1.165) is 0 Å². The normalized spacial score (nSPS) is 22.0. The van der Waals surface area contributed by atoms with Crippen LogP contribution in [-0.2, 0) is 21.2 Å². The van der Waals surface area contributed by atoms with E-state index in [0.29, 0.717) is 49.7 Å². The number of carbonyl (C=O) groups is 1. The fraction of sp³-hybridized carbons (Fsp3) is 0.550. The third-order valence-electron chi connectivity index (χ3n) is 5.53. The minimum Gasteiger partial charge on any atom is -0.339 e. The molecule has 3 rings (SSSR count). The van der Waals surface area contributed by atoms with E-state index in [9.17, 15) is 17.6 Å². The van der Waals surface area contributed by atoms with Crippen molar-refractivity contribution in [3.05, 3.63) is 34.6 Å². The van der Waals surface area contributed by atoms with Crippen LogP contribution in [0.25, 0.3) is 0 Å². The van der Waals surface area contributed by atoms with Crippen LogP contribution in [0.4, 0.5) is 4.39 Å². The molecule has 2 heterocycles. The van der Waals surface area contributed by atoms with E-state index in [1.807, 2.05) is 0 Å². The average Bonchev–Trinajstić information content (AvgIpc) is 3.04. The van der Waals surface area contributed by atoms with Crippen molar-refractivity contribution in [2.24, 2.45) is 0 Å². The third-order valence-corrected chi connectivity index (χ3v) is 7.63. The van der Waals surface area contributed by atoms with Gasteiger partial charge < -0.3 is 4.90 Å². The Morgan fingerprint density at radius 3 is 2.62 bits per heavy atom. The lowest BCUT2D eigenvalue weighted by Crippen LogP contribution is -2.52. The summed E-state index contributed by atoms with van der Waals surface area (Å²) in [7, 11) is -3.05. The molecule has 2 aliphatic rings. The second kappa shape index (κ2) is 9.43. The Balaban J connectivity index is 1.53. The Bertz CT molecular complexity index is 874. The molecule has 0 aliphatic carbocycles. The zero-order valence-electron chi connectivity index (χ0n) is 16.2. The van der Waals surface area contributed by atoms with Crippen LogP contribution in [0.3, 0.4) is 0 Å². The van der Waals surface area contributed by atoms with Crippen LogP contribution in [-0.4, -0.2) is 85.8 Å². The number of nitrogens with zero attached hydrogens (tertiary/aromatic N) is 3. The van der Waals surface area contributed by atoms with E-state index in [4.69, 9.17) is 18.0 Å². The molecule has 0 saturated carbocycles. The molecule has 0 radical (unpaired) electrons. The summed E-state index contributed by atoms with van der Waals surface area (Å²) in [5.74, 6) is 2.34. The first-order chi connectivity index (χ1) is 13.8. The maximum Gasteiger partial charge on any atom is 0.236 e. The van der Waals surface area contributed by atoms with E-state index >= 15 is 0 Å². The number of sulfone groups is 1. The molecule has 1 unspecified atom stereocenters. The van der Waals surface area contributed by atoms with Crippen LogP contribution in [0.5, 0.6) is 0 Å². The number of carbonyl (C=O) groups excluding carboxylic acids is 1. The molecule has 158 valence electrons. The Morgan fingerprint density at radius 2 is 2.03 bits per heavy atom. The highest BCUT2D eigenvalue weighted by Crippen LogP contribution is 2.22. The van der Waals surface area contributed by atoms with E-state index in [1.165, 1.54) is 6.07 Å². The number of halogens is 2. The van der Waals surface area contributed by atoms with Crippen molar-refractivity contribution in [3.63, 3.8) is 0 Å². The lowest BCUT2D eigenvalue weighted by molar-refractivity contribution is -0.134. The van der Waals surface area contributed by atoms with Gasteiger partial charge in [-0.1, -0.05) is 23.6 Å². The van der Waals surface area contributed by atoms with Crippen molar-refractivity contribution in [2.45, 2.75) is 19.0 Å². The zero-order valence-corrected chi connectivity index (χ0v) is 17.8. The molecule has 6 nitrogen and oxygen atoms in total. The predicted octanol–water partition coefficient (Wildman–Crippen LogP) is 1.25. The SMILES string of the molecule is C#CCN(CC(=O)N1CCN(Cc2c(F)cccc2Cl)CC1)C1CCS(=O)(=O)C1. The summed E-state index contributed by atoms with van der Waals surface area (Å²) in [5.41, 5.74) is 0.469. The van der Waals surface area contributed by atoms with Crippen molar-refractivity contribution in [1.29, 1.82) is 0 Å². The number of terminal acetylenes is 1. The van der Waals surface area contributed by atoms with E-state index in [-0.39, 0.29) is 42.4 Å². The molecule has 0 aromatic heterocycles. The van der Waals surface area contributed by atoms with Crippen molar-refractivity contribution < 1.29 is 17.6 Å². The Hall–Kier alpha value is -1.66. The number of benzene rings is 1. The highest BCUT2D eigenvalue weighted by atomic mass is 35.5. The van der Waals surface area contributed by atoms with E-state index in [1.54, 1.807) is 21.9 Å². The van der Waals surface area contributed by atoms with Gasteiger partial charge in [0.15, 0.2) is 9.84 Å². The van der Waals surface area contributed by atoms with Crippen molar-refractivity contribution in [1.82, 2.24) is 14.7 Å². The number of amides is 1. The molecule has 1 aromatic carbocycles. The quantitative estimate of drug-likeness (QED) is 0.622. The molecule has 1 amide bonds. The van der Waals surface area contributed by atoms with Gasteiger partial charge in [-0.3, -0.25) is 14.6 Å². The Labute approximate surface area is 176 Å². The zero-order chi connectivity index (χ0) is 21.0. The summed E-state index contributed by atoms with van der Waals surface area (Å²) in [5, 5.41) is 0.403. The molecule has 2 saturated heterocycles. The van der Waals surface area contributed by atoms with E-state index in [2.05, 4.69) is 10.8 Å². The fourth-order valence-corrected chi connectivity index (χ4v) is 5.82. The lowest BCUT2D eigenvalue weighted by Gasteiger charge is -2.36. The molecular weight excluding hydrogens is 417 g/mol. The molecule has 0 N–H and O–H groups in total. The highest BCUT2D eigenvalue weighted by molar-refractivity contribution is 7.91. The summed E-state index contributed by atoms with van der Waals surface area (Å²) in [6.45, 7) is 3.04. The fourth-order valence-electron chi connectivity index (χ4n) is 3.83. The van der Waals surface area contributed by atoms with Crippen LogP contribution < -0.4 is 0 Å². The predicted molar refractivity (Wildman–Crippen MR) is 111 cm³/mol. The van der Waals surface area contributed by atoms with Crippen molar-refractivity contribution in [2.75, 3.05) is 50.8 Å². The number of rotatable bonds is 6. The number of hydrogen-bond acceptors (Lipinski definition) is 5. The summed E-state index contributed by atoms with van der Waals surface area (Å²) in [4.78, 5) is 18.4. The van der Waals surface area contributed by atoms with Gasteiger partial charge in [0.25, 0.3) is 0 Å². The molecule has 1 aromatic rings. The van der Waals surface area contributed by atoms with Gasteiger partial charge in [-0.05, 0) is 18.6 Å². The second-order valence-electron chi connectivity index (χ2n) is 7.52. The molecule has 2 fully saturated rings. The smallest absolute Gasteiger partial charge is 0.236 e. The van der Waals surface area contributed by atoms with Gasteiger partial charge >= 0.3 is 0 Å². The van der Waals surface area contributed by atoms with Crippen LogP contribution in [0, 0.1) is 18.2 Å². The number of hydrogen-bond donors (Lipinski definition) is 0. The molecular formula is C20H25ClFN3O3S. The van der Waals surface area contributed by atoms with Gasteiger partial charge in [0.2, 0.25) is 5.91 Å². The van der Waals surface area contributed by atoms with Gasteiger partial charge in [0.05, 0.1) is 24.6 Å². The van der Waals surface area contributed by atoms with Gasteiger partial charge in [-0.2, -0.15) is 0 Å². The van der Waals surface area contributed by atoms with Gasteiger partial charge in [-0.15, -0.1) is 6.42 Å². The van der Waals surface area contributed by atoms with Crippen LogP contribution in [0.2, 0.25) is 5.02 Å². The van der Waals surface area contributed by atoms with Crippen molar-refractivity contribution in [3.8, 4) is 12.3 Å². The molecule has 0 bridgehead atoms. The van der Waals surface area contributed by atoms with Crippen LogP contribution >= 0.6 is 11.6 Å². The minimum absolute atomic E-state index is 0.0547. The molecule has 9 heteroatoms. The summed E-state index contributed by atoms with van der Waals surface area (Å²) < 4.78 is 37.5. The van der Waals surface area contributed by atoms with Gasteiger partial charge in [0, 0.05) is 49.4 Å². The molecule has 2 aliphatic heterocycles. The summed E-state index contributed by atoms with van der Waals surface area (Å²) in [6.07, 6.45) is 5.93. The summed E-state index contributed by atoms with van der Waals surface area (Å²) in [6, 6.07) is 4.44. The maximum absolute atomic E-state index is 14.0. The molecule has 1 atom stereocenters. The van der Waals surface area contributed by atoms with Gasteiger partial charge in [-0.25, -0.2) is 12.8 Å². The third kappa shape index (κ3) is 5.70. The standard InChI is InChI=1S/C20H25ClFN3O3S/c1-2-7-25(16-6-12-29(27,28)15-16)14-20(26)24-10-8-23(9-11-24)13-17-18(21)4-3-5-19(17)22/h1,3-5,16H,6-15H2. The lowest BCUT2D eigenvalue weighted by atomic mass is 10.1.